The number of carbonyl (C=O) groups excluding carboxylic acids is 1. The van der Waals surface area contributed by atoms with Crippen molar-refractivity contribution in [2.24, 2.45) is 0 Å². The molecule has 0 bridgehead atoms. The van der Waals surface area contributed by atoms with E-state index in [4.69, 9.17) is 0 Å². The van der Waals surface area contributed by atoms with Crippen LogP contribution in [0.4, 0.5) is 0 Å². The van der Waals surface area contributed by atoms with E-state index in [2.05, 4.69) is 0 Å². The van der Waals surface area contributed by atoms with Crippen molar-refractivity contribution in [2.45, 2.75) is 18.7 Å². The Bertz CT molecular complexity index is 420. The molecule has 1 aromatic carbocycles. The van der Waals surface area contributed by atoms with Crippen molar-refractivity contribution in [2.75, 3.05) is 0 Å². The molecule has 0 N–H and O–H groups in total. The number of aryl methyl sites for hydroxylation is 1. The van der Waals surface area contributed by atoms with Gasteiger partial charge >= 0.3 is 59.1 Å². The van der Waals surface area contributed by atoms with E-state index in [1.54, 1.807) is 13.8 Å². The second-order valence-corrected chi connectivity index (χ2v) is 3.88. The van der Waals surface area contributed by atoms with Gasteiger partial charge in [-0.1, -0.05) is 0 Å². The van der Waals surface area contributed by atoms with Gasteiger partial charge in [-0.25, -0.2) is 0 Å². The van der Waals surface area contributed by atoms with Crippen LogP contribution in [-0.4, -0.2) is 14.7 Å². The van der Waals surface area contributed by atoms with Gasteiger partial charge in [0.1, 0.15) is 0 Å². The number of hydrogen-bond acceptors (Lipinski definition) is 4. The molecule has 76 valence electrons. The first kappa shape index (κ1) is 19.1. The molecule has 0 aliphatic carbocycles. The van der Waals surface area contributed by atoms with Gasteiger partial charge in [0.15, 0.2) is 0 Å². The molecule has 4 nitrogen and oxygen atoms in total. The first-order valence-electron chi connectivity index (χ1n) is 3.85. The van der Waals surface area contributed by atoms with Crippen LogP contribution in [0.25, 0.3) is 0 Å². The maximum absolute atomic E-state index is 10.6. The number of carboxylic acids is 1. The molecule has 0 saturated heterocycles. The maximum atomic E-state index is 10.6. The van der Waals surface area contributed by atoms with E-state index in [0.29, 0.717) is 11.1 Å². The summed E-state index contributed by atoms with van der Waals surface area (Å²) in [6, 6.07) is 2.52. The van der Waals surface area contributed by atoms with Crippen LogP contribution >= 0.6 is 0 Å². The third-order valence-corrected chi connectivity index (χ3v) is 2.67. The molecule has 0 aliphatic heterocycles. The molecule has 1 aromatic rings. The zero-order valence-corrected chi connectivity index (χ0v) is 14.5. The molecule has 1 unspecified atom stereocenters. The number of carboxylic acid groups (broad SMARTS) is 1. The van der Waals surface area contributed by atoms with E-state index in [1.165, 1.54) is 6.07 Å². The van der Waals surface area contributed by atoms with Gasteiger partial charge in [-0.2, -0.15) is 0 Å². The molecule has 0 radical (unpaired) electrons. The summed E-state index contributed by atoms with van der Waals surface area (Å²) in [6.07, 6.45) is 0. The monoisotopic (exact) mass is 258 g/mol. The molecule has 16 heavy (non-hydrogen) atoms. The molecule has 0 saturated carbocycles. The fourth-order valence-electron chi connectivity index (χ4n) is 1.13. The third-order valence-electron chi connectivity index (χ3n) is 2.05. The summed E-state index contributed by atoms with van der Waals surface area (Å²) in [4.78, 5) is 10.6. The second-order valence-electron chi connectivity index (χ2n) is 2.93. The summed E-state index contributed by atoms with van der Waals surface area (Å²) in [6.45, 7) is 3.26. The molecular formula is C9H8Na2O4S. The van der Waals surface area contributed by atoms with Crippen molar-refractivity contribution in [3.05, 3.63) is 28.8 Å². The van der Waals surface area contributed by atoms with Crippen molar-refractivity contribution >= 4 is 17.0 Å². The SMILES string of the molecule is Cc1cc(S(=O)[O-])cc(C(=O)[O-])c1C.[Na+].[Na+]. The summed E-state index contributed by atoms with van der Waals surface area (Å²) in [5, 5.41) is 10.6. The first-order valence-corrected chi connectivity index (χ1v) is 4.93. The topological polar surface area (TPSA) is 80.3 Å². The minimum absolute atomic E-state index is 0. The Labute approximate surface area is 141 Å². The molecule has 0 aromatic heterocycles. The van der Waals surface area contributed by atoms with E-state index >= 15 is 0 Å². The number of hydrogen-bond donors (Lipinski definition) is 0. The average molecular weight is 258 g/mol. The van der Waals surface area contributed by atoms with Crippen molar-refractivity contribution < 1.29 is 77.8 Å². The summed E-state index contributed by atoms with van der Waals surface area (Å²) in [7, 11) is 0. The van der Waals surface area contributed by atoms with Crippen LogP contribution in [0, 0.1) is 13.8 Å². The molecule has 0 amide bonds. The Hall–Kier alpha value is 0.800. The van der Waals surface area contributed by atoms with Crippen LogP contribution in [0.1, 0.15) is 21.5 Å². The molecule has 7 heteroatoms. The predicted molar refractivity (Wildman–Crippen MR) is 47.4 cm³/mol. The van der Waals surface area contributed by atoms with Gasteiger partial charge in [-0.05, 0) is 48.2 Å². The molecule has 1 rings (SSSR count). The van der Waals surface area contributed by atoms with Gasteiger partial charge in [-0.3, -0.25) is 4.21 Å². The van der Waals surface area contributed by atoms with Crippen LogP contribution in [0.5, 0.6) is 0 Å². The van der Waals surface area contributed by atoms with Gasteiger partial charge in [-0.15, -0.1) is 0 Å². The van der Waals surface area contributed by atoms with E-state index in [-0.39, 0.29) is 69.6 Å². The number of aromatic carboxylic acids is 1. The smallest absolute Gasteiger partial charge is 0.768 e. The van der Waals surface area contributed by atoms with E-state index in [1.807, 2.05) is 0 Å². The van der Waals surface area contributed by atoms with Crippen molar-refractivity contribution in [1.82, 2.24) is 0 Å². The summed E-state index contributed by atoms with van der Waals surface area (Å²) in [5.41, 5.74) is 1.06. The van der Waals surface area contributed by atoms with E-state index in [9.17, 15) is 18.7 Å². The average Bonchev–Trinajstić information content (AvgIpc) is 2.08. The normalized spacial score (nSPS) is 10.9. The largest absolute Gasteiger partial charge is 1.00 e. The fraction of sp³-hybridized carbons (Fsp3) is 0.222. The van der Waals surface area contributed by atoms with Gasteiger partial charge < -0.3 is 14.5 Å². The molecule has 0 aliphatic rings. The molecule has 0 spiro atoms. The molecule has 0 heterocycles. The minimum atomic E-state index is -2.42. The van der Waals surface area contributed by atoms with Crippen molar-refractivity contribution in [3.8, 4) is 0 Å². The summed E-state index contributed by atoms with van der Waals surface area (Å²) in [5.74, 6) is -1.36. The number of carbonyl (C=O) groups is 1. The Morgan fingerprint density at radius 3 is 2.12 bits per heavy atom. The predicted octanol–water partition coefficient (Wildman–Crippen LogP) is -6.09. The van der Waals surface area contributed by atoms with Crippen LogP contribution < -0.4 is 64.2 Å². The quantitative estimate of drug-likeness (QED) is 0.390. The number of rotatable bonds is 2. The number of benzene rings is 1. The van der Waals surface area contributed by atoms with Gasteiger partial charge in [0.25, 0.3) is 0 Å². The Balaban J connectivity index is 0. The maximum Gasteiger partial charge on any atom is 1.00 e. The zero-order valence-electron chi connectivity index (χ0n) is 9.70. The van der Waals surface area contributed by atoms with Gasteiger partial charge in [0, 0.05) is 10.5 Å². The molecular weight excluding hydrogens is 250 g/mol. The van der Waals surface area contributed by atoms with Gasteiger partial charge in [0.2, 0.25) is 0 Å². The first-order chi connectivity index (χ1) is 6.43. The van der Waals surface area contributed by atoms with Crippen molar-refractivity contribution in [3.63, 3.8) is 0 Å². The van der Waals surface area contributed by atoms with Crippen molar-refractivity contribution in [1.29, 1.82) is 0 Å². The Morgan fingerprint density at radius 1 is 1.25 bits per heavy atom. The molecule has 0 fully saturated rings. The fourth-order valence-corrected chi connectivity index (χ4v) is 1.62. The molecule has 1 atom stereocenters. The second kappa shape index (κ2) is 8.00. The van der Waals surface area contributed by atoms with Crippen LogP contribution in [0.3, 0.4) is 0 Å². The third kappa shape index (κ3) is 4.58. The van der Waals surface area contributed by atoms with Crippen LogP contribution in [0.2, 0.25) is 0 Å². The van der Waals surface area contributed by atoms with E-state index in [0.717, 1.165) is 6.07 Å². The standard InChI is InChI=1S/C9H10O4S.2Na/c1-5-3-7(14(12)13)4-8(6(5)2)9(10)11;;/h3-4H,1-2H3,(H,10,11)(H,12,13);;/q;2*+1/p-2. The summed E-state index contributed by atoms with van der Waals surface area (Å²) >= 11 is -2.42. The van der Waals surface area contributed by atoms with E-state index < -0.39 is 17.0 Å². The van der Waals surface area contributed by atoms with Gasteiger partial charge in [0.05, 0.1) is 5.97 Å². The van der Waals surface area contributed by atoms with Crippen LogP contribution in [0.15, 0.2) is 17.0 Å². The Morgan fingerprint density at radius 2 is 1.75 bits per heavy atom. The Kier molecular flexibility index (Phi) is 9.57. The minimum Gasteiger partial charge on any atom is -0.768 e. The zero-order chi connectivity index (χ0) is 10.9. The summed E-state index contributed by atoms with van der Waals surface area (Å²) < 4.78 is 21.3. The van der Waals surface area contributed by atoms with Crippen LogP contribution in [-0.2, 0) is 11.1 Å².